The minimum absolute atomic E-state index is 0.0291. The first kappa shape index (κ1) is 23.2. The van der Waals surface area contributed by atoms with E-state index in [1.54, 1.807) is 13.0 Å². The zero-order valence-electron chi connectivity index (χ0n) is 19.3. The Bertz CT molecular complexity index is 1060. The highest BCUT2D eigenvalue weighted by Crippen LogP contribution is 2.36. The summed E-state index contributed by atoms with van der Waals surface area (Å²) in [4.78, 5) is 0. The number of allylic oxidation sites excluding steroid dienone is 1. The zero-order valence-corrected chi connectivity index (χ0v) is 19.3. The topological polar surface area (TPSA) is 9.23 Å². The number of halogens is 2. The van der Waals surface area contributed by atoms with Gasteiger partial charge in [0.05, 0.1) is 6.61 Å². The van der Waals surface area contributed by atoms with Gasteiger partial charge in [0.2, 0.25) is 5.82 Å². The van der Waals surface area contributed by atoms with Crippen LogP contribution >= 0.6 is 0 Å². The van der Waals surface area contributed by atoms with Crippen molar-refractivity contribution in [2.45, 2.75) is 51.4 Å². The quantitative estimate of drug-likeness (QED) is 0.316. The Morgan fingerprint density at radius 3 is 2.06 bits per heavy atom. The van der Waals surface area contributed by atoms with Crippen LogP contribution in [0.3, 0.4) is 0 Å². The number of hydrogen-bond donors (Lipinski definition) is 0. The average Bonchev–Trinajstić information content (AvgIpc) is 2.87. The molecular weight excluding hydrogens is 414 g/mol. The lowest BCUT2D eigenvalue weighted by atomic mass is 9.78. The SMILES string of the molecule is C=CC1CCC(c2ccc(-c3ccc(CCc4ccc(OCC)c(F)c4F)cc3)cc2)CC1. The zero-order chi connectivity index (χ0) is 23.2. The van der Waals surface area contributed by atoms with E-state index in [1.165, 1.54) is 48.4 Å². The monoisotopic (exact) mass is 446 g/mol. The molecule has 1 fully saturated rings. The smallest absolute Gasteiger partial charge is 0.200 e. The van der Waals surface area contributed by atoms with E-state index < -0.39 is 11.6 Å². The Morgan fingerprint density at radius 2 is 1.45 bits per heavy atom. The summed E-state index contributed by atoms with van der Waals surface area (Å²) in [6.45, 7) is 6.00. The molecule has 0 atom stereocenters. The molecule has 0 spiro atoms. The average molecular weight is 447 g/mol. The van der Waals surface area contributed by atoms with E-state index in [2.05, 4.69) is 61.2 Å². The lowest BCUT2D eigenvalue weighted by Crippen LogP contribution is -2.11. The molecule has 0 aromatic heterocycles. The molecule has 3 heteroatoms. The van der Waals surface area contributed by atoms with Crippen LogP contribution in [0, 0.1) is 17.6 Å². The molecular formula is C30H32F2O. The third-order valence-electron chi connectivity index (χ3n) is 6.88. The molecule has 1 aliphatic carbocycles. The number of rotatable bonds is 8. The standard InChI is InChI=1S/C30H32F2O/c1-3-21-5-10-23(11-6-21)25-15-17-26(18-16-25)24-12-7-22(8-13-24)9-14-27-19-20-28(33-4-2)30(32)29(27)31/h3,7-8,12-13,15-21,23H,1,4-6,9-11,14H2,2H3. The molecule has 1 nitrogen and oxygen atoms in total. The molecule has 3 aromatic carbocycles. The van der Waals surface area contributed by atoms with Gasteiger partial charge in [0.25, 0.3) is 0 Å². The van der Waals surface area contributed by atoms with E-state index in [-0.39, 0.29) is 5.75 Å². The van der Waals surface area contributed by atoms with Crippen molar-refractivity contribution in [3.05, 3.63) is 102 Å². The summed E-state index contributed by atoms with van der Waals surface area (Å²) < 4.78 is 33.5. The normalized spacial score (nSPS) is 18.2. The van der Waals surface area contributed by atoms with Gasteiger partial charge in [-0.2, -0.15) is 4.39 Å². The minimum atomic E-state index is -0.901. The van der Waals surface area contributed by atoms with E-state index in [4.69, 9.17) is 4.74 Å². The van der Waals surface area contributed by atoms with Crippen molar-refractivity contribution in [2.24, 2.45) is 5.92 Å². The highest BCUT2D eigenvalue weighted by atomic mass is 19.2. The third-order valence-corrected chi connectivity index (χ3v) is 6.88. The van der Waals surface area contributed by atoms with Gasteiger partial charge in [-0.05, 0) is 91.2 Å². The van der Waals surface area contributed by atoms with Gasteiger partial charge >= 0.3 is 0 Å². The molecule has 0 amide bonds. The molecule has 33 heavy (non-hydrogen) atoms. The molecule has 1 saturated carbocycles. The van der Waals surface area contributed by atoms with Gasteiger partial charge in [0, 0.05) is 0 Å². The van der Waals surface area contributed by atoms with Crippen molar-refractivity contribution in [2.75, 3.05) is 6.61 Å². The van der Waals surface area contributed by atoms with E-state index >= 15 is 0 Å². The fraction of sp³-hybridized carbons (Fsp3) is 0.333. The maximum absolute atomic E-state index is 14.3. The van der Waals surface area contributed by atoms with Crippen LogP contribution in [0.1, 0.15) is 55.2 Å². The van der Waals surface area contributed by atoms with E-state index in [0.717, 1.165) is 5.56 Å². The lowest BCUT2D eigenvalue weighted by molar-refractivity contribution is 0.313. The van der Waals surface area contributed by atoms with Crippen molar-refractivity contribution >= 4 is 0 Å². The van der Waals surface area contributed by atoms with Crippen LogP contribution in [0.25, 0.3) is 11.1 Å². The lowest BCUT2D eigenvalue weighted by Gasteiger charge is -2.27. The van der Waals surface area contributed by atoms with E-state index in [9.17, 15) is 8.78 Å². The Balaban J connectivity index is 1.37. The first-order valence-corrected chi connectivity index (χ1v) is 12.0. The van der Waals surface area contributed by atoms with Gasteiger partial charge in [-0.25, -0.2) is 4.39 Å². The Kier molecular flexibility index (Phi) is 7.59. The third kappa shape index (κ3) is 5.52. The van der Waals surface area contributed by atoms with Crippen LogP contribution < -0.4 is 4.74 Å². The number of benzene rings is 3. The van der Waals surface area contributed by atoms with Crippen LogP contribution in [-0.4, -0.2) is 6.61 Å². The second-order valence-electron chi connectivity index (χ2n) is 8.95. The number of ether oxygens (including phenoxy) is 1. The van der Waals surface area contributed by atoms with Gasteiger partial charge < -0.3 is 4.74 Å². The van der Waals surface area contributed by atoms with Gasteiger partial charge in [-0.15, -0.1) is 6.58 Å². The molecule has 0 unspecified atom stereocenters. The molecule has 0 radical (unpaired) electrons. The Hall–Kier alpha value is -2.94. The molecule has 3 aromatic rings. The summed E-state index contributed by atoms with van der Waals surface area (Å²) in [5.74, 6) is -0.398. The molecule has 172 valence electrons. The second kappa shape index (κ2) is 10.8. The maximum atomic E-state index is 14.3. The highest BCUT2D eigenvalue weighted by molar-refractivity contribution is 5.64. The molecule has 0 bridgehead atoms. The summed E-state index contributed by atoms with van der Waals surface area (Å²) in [5.41, 5.74) is 5.27. The van der Waals surface area contributed by atoms with Crippen molar-refractivity contribution in [3.63, 3.8) is 0 Å². The van der Waals surface area contributed by atoms with Gasteiger partial charge in [0.15, 0.2) is 11.6 Å². The predicted molar refractivity (Wildman–Crippen MR) is 132 cm³/mol. The van der Waals surface area contributed by atoms with Gasteiger partial charge in [-0.3, -0.25) is 0 Å². The summed E-state index contributed by atoms with van der Waals surface area (Å²) >= 11 is 0. The van der Waals surface area contributed by atoms with Crippen molar-refractivity contribution < 1.29 is 13.5 Å². The van der Waals surface area contributed by atoms with E-state index in [1.807, 2.05) is 0 Å². The summed E-state index contributed by atoms with van der Waals surface area (Å²) in [6.07, 6.45) is 8.16. The van der Waals surface area contributed by atoms with Crippen LogP contribution in [-0.2, 0) is 12.8 Å². The Labute approximate surface area is 196 Å². The van der Waals surface area contributed by atoms with Crippen LogP contribution in [0.2, 0.25) is 0 Å². The highest BCUT2D eigenvalue weighted by Gasteiger charge is 2.20. The molecule has 0 saturated heterocycles. The summed E-state index contributed by atoms with van der Waals surface area (Å²) in [5, 5.41) is 0. The molecule has 1 aliphatic rings. The second-order valence-corrected chi connectivity index (χ2v) is 8.95. The number of hydrogen-bond acceptors (Lipinski definition) is 1. The number of aryl methyl sites for hydroxylation is 2. The maximum Gasteiger partial charge on any atom is 0.200 e. The van der Waals surface area contributed by atoms with E-state index in [0.29, 0.717) is 36.8 Å². The van der Waals surface area contributed by atoms with Crippen LogP contribution in [0.15, 0.2) is 73.3 Å². The van der Waals surface area contributed by atoms with Crippen LogP contribution in [0.4, 0.5) is 8.78 Å². The summed E-state index contributed by atoms with van der Waals surface area (Å²) in [6, 6.07) is 20.4. The molecule has 0 aliphatic heterocycles. The van der Waals surface area contributed by atoms with Crippen LogP contribution in [0.5, 0.6) is 5.75 Å². The minimum Gasteiger partial charge on any atom is -0.491 e. The molecule has 0 heterocycles. The largest absolute Gasteiger partial charge is 0.491 e. The van der Waals surface area contributed by atoms with Crippen molar-refractivity contribution in [3.8, 4) is 16.9 Å². The predicted octanol–water partition coefficient (Wildman–Crippen LogP) is 8.28. The van der Waals surface area contributed by atoms with Crippen molar-refractivity contribution in [1.82, 2.24) is 0 Å². The van der Waals surface area contributed by atoms with Gasteiger partial charge in [-0.1, -0.05) is 60.7 Å². The molecule has 0 N–H and O–H groups in total. The Morgan fingerprint density at radius 1 is 0.818 bits per heavy atom. The van der Waals surface area contributed by atoms with Crippen molar-refractivity contribution in [1.29, 1.82) is 0 Å². The molecule has 4 rings (SSSR count). The fourth-order valence-corrected chi connectivity index (χ4v) is 4.81. The first-order chi connectivity index (χ1) is 16.1. The first-order valence-electron chi connectivity index (χ1n) is 12.0. The fourth-order valence-electron chi connectivity index (χ4n) is 4.81. The summed E-state index contributed by atoms with van der Waals surface area (Å²) in [7, 11) is 0. The van der Waals surface area contributed by atoms with Gasteiger partial charge in [0.1, 0.15) is 0 Å².